The number of sulfone groups is 1. The Morgan fingerprint density at radius 3 is 2.44 bits per heavy atom. The molecular formula is C11H22N2O2S. The molecule has 0 amide bonds. The molecule has 0 aromatic carbocycles. The summed E-state index contributed by atoms with van der Waals surface area (Å²) in [4.78, 5) is 2.43. The Bertz CT molecular complexity index is 317. The van der Waals surface area contributed by atoms with Gasteiger partial charge < -0.3 is 10.2 Å². The molecule has 0 radical (unpaired) electrons. The van der Waals surface area contributed by atoms with Crippen molar-refractivity contribution in [2.75, 3.05) is 44.2 Å². The summed E-state index contributed by atoms with van der Waals surface area (Å²) in [6, 6.07) is 0. The number of likely N-dealkylation sites (tertiary alicyclic amines) is 1. The molecule has 2 fully saturated rings. The van der Waals surface area contributed by atoms with Crippen LogP contribution in [0.15, 0.2) is 0 Å². The van der Waals surface area contributed by atoms with Crippen molar-refractivity contribution < 1.29 is 8.42 Å². The monoisotopic (exact) mass is 246 g/mol. The lowest BCUT2D eigenvalue weighted by Gasteiger charge is -2.16. The maximum absolute atomic E-state index is 11.3. The smallest absolute Gasteiger partial charge is 0.150 e. The van der Waals surface area contributed by atoms with Gasteiger partial charge in [0, 0.05) is 18.8 Å². The van der Waals surface area contributed by atoms with E-state index in [1.807, 2.05) is 0 Å². The number of rotatable bonds is 5. The second kappa shape index (κ2) is 5.02. The number of hydrogen-bond acceptors (Lipinski definition) is 4. The minimum atomic E-state index is -2.77. The van der Waals surface area contributed by atoms with E-state index >= 15 is 0 Å². The van der Waals surface area contributed by atoms with Gasteiger partial charge >= 0.3 is 0 Å². The highest BCUT2D eigenvalue weighted by Gasteiger charge is 2.35. The van der Waals surface area contributed by atoms with E-state index < -0.39 is 9.84 Å². The second-order valence-corrected chi connectivity index (χ2v) is 7.50. The quantitative estimate of drug-likeness (QED) is 0.740. The summed E-state index contributed by atoms with van der Waals surface area (Å²) in [6.07, 6.45) is 0.795. The van der Waals surface area contributed by atoms with Gasteiger partial charge in [0.25, 0.3) is 0 Å². The minimum Gasteiger partial charge on any atom is -0.316 e. The highest BCUT2D eigenvalue weighted by molar-refractivity contribution is 7.91. The summed E-state index contributed by atoms with van der Waals surface area (Å²) in [5.74, 6) is 2.25. The van der Waals surface area contributed by atoms with Crippen molar-refractivity contribution in [2.24, 2.45) is 11.8 Å². The molecule has 4 nitrogen and oxygen atoms in total. The molecule has 0 spiro atoms. The van der Waals surface area contributed by atoms with Gasteiger partial charge in [-0.3, -0.25) is 0 Å². The first-order valence-electron chi connectivity index (χ1n) is 6.24. The van der Waals surface area contributed by atoms with Crippen molar-refractivity contribution >= 4 is 9.84 Å². The highest BCUT2D eigenvalue weighted by atomic mass is 32.2. The van der Waals surface area contributed by atoms with Gasteiger partial charge in [0.15, 0.2) is 0 Å². The second-order valence-electron chi connectivity index (χ2n) is 5.03. The van der Waals surface area contributed by atoms with E-state index in [0.29, 0.717) is 5.75 Å². The lowest BCUT2D eigenvalue weighted by Crippen LogP contribution is -2.28. The molecule has 0 unspecified atom stereocenters. The molecule has 0 aromatic heterocycles. The molecule has 94 valence electrons. The molecule has 2 saturated heterocycles. The van der Waals surface area contributed by atoms with Crippen LogP contribution in [0.4, 0.5) is 0 Å². The van der Waals surface area contributed by atoms with Crippen LogP contribution in [0.1, 0.15) is 13.3 Å². The third-order valence-electron chi connectivity index (χ3n) is 3.83. The maximum Gasteiger partial charge on any atom is 0.150 e. The molecule has 0 aliphatic carbocycles. The van der Waals surface area contributed by atoms with Gasteiger partial charge in [-0.25, -0.2) is 8.42 Å². The van der Waals surface area contributed by atoms with Crippen LogP contribution in [0.3, 0.4) is 0 Å². The van der Waals surface area contributed by atoms with Crippen LogP contribution >= 0.6 is 0 Å². The van der Waals surface area contributed by atoms with Gasteiger partial charge in [-0.15, -0.1) is 0 Å². The van der Waals surface area contributed by atoms with Crippen LogP contribution in [-0.2, 0) is 9.84 Å². The van der Waals surface area contributed by atoms with Gasteiger partial charge in [0.05, 0.1) is 5.75 Å². The van der Waals surface area contributed by atoms with Gasteiger partial charge in [-0.1, -0.05) is 6.92 Å². The first kappa shape index (κ1) is 12.3. The molecule has 16 heavy (non-hydrogen) atoms. The van der Waals surface area contributed by atoms with Gasteiger partial charge in [0.1, 0.15) is 9.84 Å². The topological polar surface area (TPSA) is 49.4 Å². The normalized spacial score (nSPS) is 30.8. The molecule has 2 aliphatic rings. The van der Waals surface area contributed by atoms with Crippen molar-refractivity contribution in [3.8, 4) is 0 Å². The molecule has 2 heterocycles. The van der Waals surface area contributed by atoms with Crippen molar-refractivity contribution in [2.45, 2.75) is 13.3 Å². The first-order valence-corrected chi connectivity index (χ1v) is 8.06. The maximum atomic E-state index is 11.3. The summed E-state index contributed by atoms with van der Waals surface area (Å²) in [5, 5.41) is 3.41. The van der Waals surface area contributed by atoms with E-state index in [9.17, 15) is 8.42 Å². The molecule has 0 saturated carbocycles. The van der Waals surface area contributed by atoms with Crippen LogP contribution in [0.5, 0.6) is 0 Å². The van der Waals surface area contributed by atoms with Gasteiger partial charge in [0.2, 0.25) is 0 Å². The SMILES string of the molecule is CCS(=O)(=O)CCCN1C[C@H]2CNC[C@H]2C1. The average Bonchev–Trinajstić information content (AvgIpc) is 2.77. The van der Waals surface area contributed by atoms with E-state index in [2.05, 4.69) is 10.2 Å². The first-order chi connectivity index (χ1) is 7.61. The third kappa shape index (κ3) is 2.96. The molecule has 5 heteroatoms. The lowest BCUT2D eigenvalue weighted by atomic mass is 10.0. The lowest BCUT2D eigenvalue weighted by molar-refractivity contribution is 0.314. The van der Waals surface area contributed by atoms with Crippen molar-refractivity contribution in [3.05, 3.63) is 0 Å². The summed E-state index contributed by atoms with van der Waals surface area (Å²) in [5.41, 5.74) is 0. The molecule has 0 bridgehead atoms. The average molecular weight is 246 g/mol. The Kier molecular flexibility index (Phi) is 3.87. The standard InChI is InChI=1S/C11H22N2O2S/c1-2-16(14,15)5-3-4-13-8-10-6-12-7-11(10)9-13/h10-12H,2-9H2,1H3/t10-,11+. The number of hydrogen-bond donors (Lipinski definition) is 1. The summed E-state index contributed by atoms with van der Waals surface area (Å²) >= 11 is 0. The zero-order valence-corrected chi connectivity index (χ0v) is 10.8. The van der Waals surface area contributed by atoms with Crippen molar-refractivity contribution in [3.63, 3.8) is 0 Å². The predicted octanol–water partition coefficient (Wildman–Crippen LogP) is -0.0376. The zero-order valence-electron chi connectivity index (χ0n) is 9.98. The Morgan fingerprint density at radius 1 is 1.25 bits per heavy atom. The highest BCUT2D eigenvalue weighted by Crippen LogP contribution is 2.26. The van der Waals surface area contributed by atoms with Gasteiger partial charge in [-0.05, 0) is 37.9 Å². The van der Waals surface area contributed by atoms with E-state index in [1.165, 1.54) is 0 Å². The number of nitrogens with one attached hydrogen (secondary N) is 1. The van der Waals surface area contributed by atoms with Crippen LogP contribution < -0.4 is 5.32 Å². The fourth-order valence-corrected chi connectivity index (χ4v) is 3.65. The van der Waals surface area contributed by atoms with Crippen LogP contribution in [-0.4, -0.2) is 57.5 Å². The largest absolute Gasteiger partial charge is 0.316 e. The molecular weight excluding hydrogens is 224 g/mol. The molecule has 0 aromatic rings. The number of nitrogens with zero attached hydrogens (tertiary/aromatic N) is 1. The minimum absolute atomic E-state index is 0.280. The van der Waals surface area contributed by atoms with E-state index in [0.717, 1.165) is 51.0 Å². The van der Waals surface area contributed by atoms with Crippen LogP contribution in [0.2, 0.25) is 0 Å². The van der Waals surface area contributed by atoms with E-state index in [4.69, 9.17) is 0 Å². The fourth-order valence-electron chi connectivity index (χ4n) is 2.79. The summed E-state index contributed by atoms with van der Waals surface area (Å²) in [6.45, 7) is 7.28. The molecule has 2 rings (SSSR count). The Labute approximate surface area is 98.3 Å². The summed E-state index contributed by atoms with van der Waals surface area (Å²) in [7, 11) is -2.77. The van der Waals surface area contributed by atoms with E-state index in [-0.39, 0.29) is 5.75 Å². The fraction of sp³-hybridized carbons (Fsp3) is 1.00. The predicted molar refractivity (Wildman–Crippen MR) is 65.2 cm³/mol. The Hall–Kier alpha value is -0.130. The van der Waals surface area contributed by atoms with E-state index in [1.54, 1.807) is 6.92 Å². The zero-order chi connectivity index (χ0) is 11.6. The van der Waals surface area contributed by atoms with Crippen molar-refractivity contribution in [1.29, 1.82) is 0 Å². The van der Waals surface area contributed by atoms with Gasteiger partial charge in [-0.2, -0.15) is 0 Å². The van der Waals surface area contributed by atoms with Crippen LogP contribution in [0, 0.1) is 11.8 Å². The van der Waals surface area contributed by atoms with Crippen LogP contribution in [0.25, 0.3) is 0 Å². The number of fused-ring (bicyclic) bond motifs is 1. The summed E-state index contributed by atoms with van der Waals surface area (Å²) < 4.78 is 22.7. The van der Waals surface area contributed by atoms with Crippen molar-refractivity contribution in [1.82, 2.24) is 10.2 Å². The molecule has 2 aliphatic heterocycles. The molecule has 1 N–H and O–H groups in total. The Morgan fingerprint density at radius 2 is 1.88 bits per heavy atom. The third-order valence-corrected chi connectivity index (χ3v) is 5.62. The molecule has 2 atom stereocenters. The Balaban J connectivity index is 1.68.